The number of benzene rings is 2. The number of hydrogen-bond donors (Lipinski definition) is 3. The van der Waals surface area contributed by atoms with Crippen molar-refractivity contribution < 1.29 is 23.0 Å². The molecule has 192 valence electrons. The van der Waals surface area contributed by atoms with Crippen molar-refractivity contribution in [1.29, 1.82) is 0 Å². The number of anilines is 3. The van der Waals surface area contributed by atoms with Gasteiger partial charge in [-0.05, 0) is 54.3 Å². The Labute approximate surface area is 211 Å². The third-order valence-electron chi connectivity index (χ3n) is 6.24. The highest BCUT2D eigenvalue weighted by atomic mass is 19.3. The quantitative estimate of drug-likeness (QED) is 0.271. The summed E-state index contributed by atoms with van der Waals surface area (Å²) in [5.74, 6) is 1.50. The number of amides is 1. The lowest BCUT2D eigenvalue weighted by Gasteiger charge is -2.13. The maximum atomic E-state index is 12.9. The molecule has 0 aliphatic heterocycles. The van der Waals surface area contributed by atoms with Crippen molar-refractivity contribution in [2.45, 2.75) is 38.7 Å². The summed E-state index contributed by atoms with van der Waals surface area (Å²) in [4.78, 5) is 21.2. The third kappa shape index (κ3) is 5.30. The second-order valence-corrected chi connectivity index (χ2v) is 9.14. The predicted octanol–water partition coefficient (Wildman–Crippen LogP) is 5.57. The molecule has 9 nitrogen and oxygen atoms in total. The molecular formula is C26H26F2N6O3. The fourth-order valence-electron chi connectivity index (χ4n) is 4.17. The Morgan fingerprint density at radius 1 is 1.14 bits per heavy atom. The number of hydrogen-bond acceptors (Lipinski definition) is 7. The second-order valence-electron chi connectivity index (χ2n) is 9.14. The zero-order valence-corrected chi connectivity index (χ0v) is 20.5. The molecular weight excluding hydrogens is 482 g/mol. The molecule has 0 spiro atoms. The topological polar surface area (TPSA) is 114 Å². The average Bonchev–Trinajstić information content (AvgIpc) is 3.60. The minimum atomic E-state index is -3.01. The van der Waals surface area contributed by atoms with Gasteiger partial charge in [-0.1, -0.05) is 19.9 Å². The Kier molecular flexibility index (Phi) is 6.60. The number of nitrogens with zero attached hydrogens (tertiary/aromatic N) is 3. The molecule has 37 heavy (non-hydrogen) atoms. The lowest BCUT2D eigenvalue weighted by Crippen LogP contribution is -2.14. The normalized spacial score (nSPS) is 16.7. The van der Waals surface area contributed by atoms with E-state index in [9.17, 15) is 13.6 Å². The van der Waals surface area contributed by atoms with Crippen LogP contribution in [0.2, 0.25) is 0 Å². The van der Waals surface area contributed by atoms with Crippen LogP contribution in [0.5, 0.6) is 11.5 Å². The van der Waals surface area contributed by atoms with Crippen LogP contribution in [0.25, 0.3) is 10.9 Å². The van der Waals surface area contributed by atoms with Crippen molar-refractivity contribution in [2.75, 3.05) is 17.7 Å². The van der Waals surface area contributed by atoms with Gasteiger partial charge in [-0.3, -0.25) is 9.89 Å². The summed E-state index contributed by atoms with van der Waals surface area (Å²) >= 11 is 0. The van der Waals surface area contributed by atoms with Gasteiger partial charge in [0, 0.05) is 22.9 Å². The molecule has 1 aliphatic rings. The number of alkyl halides is 2. The molecule has 5 rings (SSSR count). The second kappa shape index (κ2) is 10.00. The molecule has 1 saturated carbocycles. The van der Waals surface area contributed by atoms with Crippen LogP contribution in [0.4, 0.5) is 26.1 Å². The lowest BCUT2D eigenvalue weighted by molar-refractivity contribution is -0.117. The highest BCUT2D eigenvalue weighted by Crippen LogP contribution is 2.48. The van der Waals surface area contributed by atoms with E-state index in [1.807, 2.05) is 32.0 Å². The summed E-state index contributed by atoms with van der Waals surface area (Å²) in [7, 11) is 1.59. The number of carbonyl (C=O) groups excluding carboxylic acids is 1. The lowest BCUT2D eigenvalue weighted by atomic mass is 10.1. The minimum absolute atomic E-state index is 0.00644. The van der Waals surface area contributed by atoms with Gasteiger partial charge in [0.05, 0.1) is 18.8 Å². The molecule has 4 aromatic rings. The Bertz CT molecular complexity index is 1420. The predicted molar refractivity (Wildman–Crippen MR) is 135 cm³/mol. The van der Waals surface area contributed by atoms with Crippen LogP contribution >= 0.6 is 0 Å². The van der Waals surface area contributed by atoms with Gasteiger partial charge >= 0.3 is 6.61 Å². The number of H-pyrrole nitrogens is 1. The van der Waals surface area contributed by atoms with E-state index in [-0.39, 0.29) is 35.2 Å². The summed E-state index contributed by atoms with van der Waals surface area (Å²) in [6.07, 6.45) is 1.98. The summed E-state index contributed by atoms with van der Waals surface area (Å²) < 4.78 is 35.5. The minimum Gasteiger partial charge on any atom is -0.497 e. The SMILES string of the molecule is COc1ccc(NC(=O)C2C[C@H]2c2ccc3c(Nc4nc(C(C)C)ncc4OC(F)F)n[nH]c3c2)cc1. The van der Waals surface area contributed by atoms with E-state index in [4.69, 9.17) is 4.74 Å². The first-order valence-electron chi connectivity index (χ1n) is 11.8. The van der Waals surface area contributed by atoms with Crippen LogP contribution in [0.1, 0.15) is 43.5 Å². The average molecular weight is 509 g/mol. The van der Waals surface area contributed by atoms with Crippen LogP contribution in [-0.4, -0.2) is 39.8 Å². The molecule has 1 unspecified atom stereocenters. The first kappa shape index (κ1) is 24.4. The maximum Gasteiger partial charge on any atom is 0.387 e. The van der Waals surface area contributed by atoms with Crippen molar-refractivity contribution in [1.82, 2.24) is 20.2 Å². The zero-order valence-electron chi connectivity index (χ0n) is 20.5. The number of ether oxygens (including phenoxy) is 2. The van der Waals surface area contributed by atoms with Gasteiger partial charge in [0.1, 0.15) is 11.6 Å². The number of aromatic amines is 1. The Balaban J connectivity index is 1.31. The Morgan fingerprint density at radius 2 is 1.92 bits per heavy atom. The van der Waals surface area contributed by atoms with E-state index in [2.05, 4.69) is 35.5 Å². The molecule has 11 heteroatoms. The maximum absolute atomic E-state index is 12.9. The fraction of sp³-hybridized carbons (Fsp3) is 0.308. The standard InChI is InChI=1S/C26H26F2N6O3/c1-13(2)22-29-12-21(37-26(27)28)24(31-22)32-23-17-9-4-14(10-20(17)33-34-23)18-11-19(18)25(35)30-15-5-7-16(36-3)8-6-15/h4-10,12-13,18-19,26H,11H2,1-3H3,(H,30,35)(H2,29,31,32,33,34)/t18-,19?/m0/s1. The summed E-state index contributed by atoms with van der Waals surface area (Å²) in [6.45, 7) is 0.794. The Morgan fingerprint density at radius 3 is 2.62 bits per heavy atom. The van der Waals surface area contributed by atoms with Gasteiger partial charge in [-0.15, -0.1) is 0 Å². The summed E-state index contributed by atoms with van der Waals surface area (Å²) in [5, 5.41) is 14.0. The van der Waals surface area contributed by atoms with E-state index in [0.717, 1.165) is 34.3 Å². The Hall–Kier alpha value is -4.28. The molecule has 0 bridgehead atoms. The van der Waals surface area contributed by atoms with Crippen molar-refractivity contribution in [3.63, 3.8) is 0 Å². The van der Waals surface area contributed by atoms with E-state index in [1.165, 1.54) is 6.20 Å². The van der Waals surface area contributed by atoms with E-state index >= 15 is 0 Å². The van der Waals surface area contributed by atoms with E-state index in [1.54, 1.807) is 31.4 Å². The van der Waals surface area contributed by atoms with Crippen LogP contribution < -0.4 is 20.1 Å². The summed E-state index contributed by atoms with van der Waals surface area (Å²) in [6, 6.07) is 13.0. The third-order valence-corrected chi connectivity index (χ3v) is 6.24. The molecule has 0 saturated heterocycles. The number of aromatic nitrogens is 4. The molecule has 1 fully saturated rings. The molecule has 2 aromatic heterocycles. The molecule has 2 aromatic carbocycles. The number of nitrogens with one attached hydrogen (secondary N) is 3. The van der Waals surface area contributed by atoms with Gasteiger partial charge in [0.2, 0.25) is 5.91 Å². The van der Waals surface area contributed by atoms with Crippen molar-refractivity contribution >= 4 is 34.1 Å². The van der Waals surface area contributed by atoms with Crippen LogP contribution in [-0.2, 0) is 4.79 Å². The fourth-order valence-corrected chi connectivity index (χ4v) is 4.17. The van der Waals surface area contributed by atoms with Crippen LogP contribution in [0, 0.1) is 5.92 Å². The number of methoxy groups -OCH3 is 1. The zero-order chi connectivity index (χ0) is 26.1. The molecule has 1 amide bonds. The first-order chi connectivity index (χ1) is 17.8. The molecule has 1 aliphatic carbocycles. The number of carbonyl (C=O) groups is 1. The van der Waals surface area contributed by atoms with Crippen molar-refractivity contribution in [3.05, 3.63) is 60.0 Å². The number of fused-ring (bicyclic) bond motifs is 1. The van der Waals surface area contributed by atoms with Gasteiger partial charge in [0.15, 0.2) is 17.4 Å². The smallest absolute Gasteiger partial charge is 0.387 e. The van der Waals surface area contributed by atoms with Crippen molar-refractivity contribution in [3.8, 4) is 11.5 Å². The largest absolute Gasteiger partial charge is 0.497 e. The number of halogens is 2. The number of rotatable bonds is 9. The highest BCUT2D eigenvalue weighted by molar-refractivity contribution is 5.96. The van der Waals surface area contributed by atoms with Crippen LogP contribution in [0.15, 0.2) is 48.7 Å². The molecule has 2 atom stereocenters. The van der Waals surface area contributed by atoms with Gasteiger partial charge < -0.3 is 20.1 Å². The van der Waals surface area contributed by atoms with Gasteiger partial charge in [0.25, 0.3) is 0 Å². The van der Waals surface area contributed by atoms with E-state index in [0.29, 0.717) is 11.6 Å². The van der Waals surface area contributed by atoms with Gasteiger partial charge in [-0.2, -0.15) is 13.9 Å². The van der Waals surface area contributed by atoms with Crippen LogP contribution in [0.3, 0.4) is 0 Å². The van der Waals surface area contributed by atoms with Crippen molar-refractivity contribution in [2.24, 2.45) is 5.92 Å². The van der Waals surface area contributed by atoms with Gasteiger partial charge in [-0.25, -0.2) is 9.97 Å². The van der Waals surface area contributed by atoms with E-state index < -0.39 is 6.61 Å². The molecule has 0 radical (unpaired) electrons. The first-order valence-corrected chi connectivity index (χ1v) is 11.8. The summed E-state index contributed by atoms with van der Waals surface area (Å²) in [5.41, 5.74) is 2.48. The molecule has 3 N–H and O–H groups in total. The molecule has 2 heterocycles. The highest BCUT2D eigenvalue weighted by Gasteiger charge is 2.44. The monoisotopic (exact) mass is 508 g/mol.